The Balaban J connectivity index is 1.26. The SMILES string of the molecule is O=C(CSCc1ccccc1)NCc1cc(-c2ccc3c(c2)OCO3)on1. The van der Waals surface area contributed by atoms with Gasteiger partial charge in [-0.05, 0) is 23.8 Å². The molecule has 2 aromatic carbocycles. The molecular formula is C20H18N2O4S. The first-order valence-corrected chi connectivity index (χ1v) is 9.67. The molecule has 1 aliphatic heterocycles. The van der Waals surface area contributed by atoms with E-state index in [4.69, 9.17) is 14.0 Å². The van der Waals surface area contributed by atoms with Crippen LogP contribution >= 0.6 is 11.8 Å². The Morgan fingerprint density at radius 3 is 2.81 bits per heavy atom. The van der Waals surface area contributed by atoms with E-state index in [1.54, 1.807) is 11.8 Å². The van der Waals surface area contributed by atoms with Gasteiger partial charge in [0.05, 0.1) is 12.3 Å². The van der Waals surface area contributed by atoms with Crippen molar-refractivity contribution < 1.29 is 18.8 Å². The van der Waals surface area contributed by atoms with E-state index in [9.17, 15) is 4.79 Å². The van der Waals surface area contributed by atoms with Crippen molar-refractivity contribution in [1.82, 2.24) is 10.5 Å². The van der Waals surface area contributed by atoms with Gasteiger partial charge in [-0.15, -0.1) is 11.8 Å². The molecule has 0 aliphatic carbocycles. The zero-order valence-electron chi connectivity index (χ0n) is 14.5. The highest BCUT2D eigenvalue weighted by atomic mass is 32.2. The Hall–Kier alpha value is -2.93. The second kappa shape index (κ2) is 8.18. The monoisotopic (exact) mass is 382 g/mol. The lowest BCUT2D eigenvalue weighted by Crippen LogP contribution is -2.24. The lowest BCUT2D eigenvalue weighted by molar-refractivity contribution is -0.118. The summed E-state index contributed by atoms with van der Waals surface area (Å²) >= 11 is 1.58. The molecule has 0 spiro atoms. The van der Waals surface area contributed by atoms with Crippen LogP contribution in [0.15, 0.2) is 59.1 Å². The molecule has 6 nitrogen and oxygen atoms in total. The van der Waals surface area contributed by atoms with Crippen molar-refractivity contribution in [3.8, 4) is 22.8 Å². The minimum atomic E-state index is -0.0245. The summed E-state index contributed by atoms with van der Waals surface area (Å²) in [7, 11) is 0. The molecule has 3 aromatic rings. The van der Waals surface area contributed by atoms with Gasteiger partial charge in [-0.3, -0.25) is 4.79 Å². The van der Waals surface area contributed by atoms with Gasteiger partial charge in [0.25, 0.3) is 0 Å². The van der Waals surface area contributed by atoms with E-state index >= 15 is 0 Å². The predicted octanol–water partition coefficient (Wildman–Crippen LogP) is 3.62. The molecule has 7 heteroatoms. The van der Waals surface area contributed by atoms with Crippen molar-refractivity contribution in [2.45, 2.75) is 12.3 Å². The Labute approximate surface area is 160 Å². The fraction of sp³-hybridized carbons (Fsp3) is 0.200. The number of benzene rings is 2. The van der Waals surface area contributed by atoms with Crippen molar-refractivity contribution in [1.29, 1.82) is 0 Å². The number of nitrogens with zero attached hydrogens (tertiary/aromatic N) is 1. The van der Waals surface area contributed by atoms with Gasteiger partial charge in [-0.25, -0.2) is 0 Å². The molecule has 0 unspecified atom stereocenters. The van der Waals surface area contributed by atoms with Crippen LogP contribution in [0.5, 0.6) is 11.5 Å². The molecule has 0 radical (unpaired) electrons. The number of aromatic nitrogens is 1. The standard InChI is InChI=1S/C20H18N2O4S/c23-20(12-27-11-14-4-2-1-3-5-14)21-10-16-9-18(26-22-16)15-6-7-17-19(8-15)25-13-24-17/h1-9H,10-13H2,(H,21,23). The van der Waals surface area contributed by atoms with Crippen LogP contribution in [0.3, 0.4) is 0 Å². The predicted molar refractivity (Wildman–Crippen MR) is 103 cm³/mol. The highest BCUT2D eigenvalue weighted by molar-refractivity contribution is 7.99. The molecule has 0 saturated heterocycles. The molecule has 2 heterocycles. The molecule has 1 N–H and O–H groups in total. The molecule has 1 aliphatic rings. The molecule has 4 rings (SSSR count). The summed E-state index contributed by atoms with van der Waals surface area (Å²) in [4.78, 5) is 12.0. The summed E-state index contributed by atoms with van der Waals surface area (Å²) in [5.74, 6) is 3.22. The van der Waals surface area contributed by atoms with Crippen LogP contribution < -0.4 is 14.8 Å². The lowest BCUT2D eigenvalue weighted by atomic mass is 10.1. The smallest absolute Gasteiger partial charge is 0.231 e. The summed E-state index contributed by atoms with van der Waals surface area (Å²) in [5, 5.41) is 6.88. The van der Waals surface area contributed by atoms with E-state index < -0.39 is 0 Å². The Kier molecular flexibility index (Phi) is 5.29. The number of nitrogens with one attached hydrogen (secondary N) is 1. The van der Waals surface area contributed by atoms with Crippen LogP contribution in [0.4, 0.5) is 0 Å². The zero-order valence-corrected chi connectivity index (χ0v) is 15.3. The molecule has 138 valence electrons. The van der Waals surface area contributed by atoms with E-state index in [-0.39, 0.29) is 12.7 Å². The van der Waals surface area contributed by atoms with Gasteiger partial charge in [0, 0.05) is 17.4 Å². The second-order valence-corrected chi connectivity index (χ2v) is 6.99. The minimum absolute atomic E-state index is 0.0245. The average Bonchev–Trinajstić information content (AvgIpc) is 3.36. The van der Waals surface area contributed by atoms with Crippen LogP contribution in [-0.2, 0) is 17.1 Å². The third kappa shape index (κ3) is 4.43. The maximum atomic E-state index is 12.0. The molecule has 0 saturated carbocycles. The van der Waals surface area contributed by atoms with E-state index in [1.165, 1.54) is 5.56 Å². The van der Waals surface area contributed by atoms with Gasteiger partial charge in [0.15, 0.2) is 17.3 Å². The number of thioether (sulfide) groups is 1. The fourth-order valence-electron chi connectivity index (χ4n) is 2.66. The Morgan fingerprint density at radius 1 is 1.07 bits per heavy atom. The van der Waals surface area contributed by atoms with Gasteiger partial charge in [-0.2, -0.15) is 0 Å². The first kappa shape index (κ1) is 17.5. The van der Waals surface area contributed by atoms with Crippen LogP contribution in [-0.4, -0.2) is 23.6 Å². The Morgan fingerprint density at radius 2 is 1.93 bits per heavy atom. The van der Waals surface area contributed by atoms with Gasteiger partial charge in [-0.1, -0.05) is 35.5 Å². The molecule has 0 bridgehead atoms. The number of rotatable bonds is 7. The molecule has 0 atom stereocenters. The van der Waals surface area contributed by atoms with Crippen molar-refractivity contribution >= 4 is 17.7 Å². The average molecular weight is 382 g/mol. The summed E-state index contributed by atoms with van der Waals surface area (Å²) in [6.45, 7) is 0.563. The number of amides is 1. The van der Waals surface area contributed by atoms with E-state index in [0.29, 0.717) is 29.5 Å². The van der Waals surface area contributed by atoms with Crippen molar-refractivity contribution in [2.75, 3.05) is 12.5 Å². The summed E-state index contributed by atoms with van der Waals surface area (Å²) in [6, 6.07) is 17.5. The largest absolute Gasteiger partial charge is 0.454 e. The van der Waals surface area contributed by atoms with Crippen LogP contribution in [0, 0.1) is 0 Å². The van der Waals surface area contributed by atoms with E-state index in [1.807, 2.05) is 42.5 Å². The summed E-state index contributed by atoms with van der Waals surface area (Å²) < 4.78 is 16.1. The number of ether oxygens (including phenoxy) is 2. The van der Waals surface area contributed by atoms with Gasteiger partial charge < -0.3 is 19.3 Å². The first-order chi connectivity index (χ1) is 13.3. The number of fused-ring (bicyclic) bond motifs is 1. The number of carbonyl (C=O) groups is 1. The third-order valence-electron chi connectivity index (χ3n) is 4.03. The maximum absolute atomic E-state index is 12.0. The topological polar surface area (TPSA) is 73.6 Å². The molecule has 0 fully saturated rings. The first-order valence-electron chi connectivity index (χ1n) is 8.52. The zero-order chi connectivity index (χ0) is 18.5. The number of hydrogen-bond donors (Lipinski definition) is 1. The maximum Gasteiger partial charge on any atom is 0.231 e. The molecule has 1 amide bonds. The number of carbonyl (C=O) groups excluding carboxylic acids is 1. The second-order valence-electron chi connectivity index (χ2n) is 6.01. The number of hydrogen-bond acceptors (Lipinski definition) is 6. The quantitative estimate of drug-likeness (QED) is 0.673. The van der Waals surface area contributed by atoms with Crippen molar-refractivity contribution in [3.63, 3.8) is 0 Å². The lowest BCUT2D eigenvalue weighted by Gasteiger charge is -2.03. The van der Waals surface area contributed by atoms with Gasteiger partial charge in [0.2, 0.25) is 12.7 Å². The highest BCUT2D eigenvalue weighted by Gasteiger charge is 2.16. The van der Waals surface area contributed by atoms with Gasteiger partial charge in [0.1, 0.15) is 5.69 Å². The van der Waals surface area contributed by atoms with Crippen molar-refractivity contribution in [2.24, 2.45) is 0 Å². The fourth-order valence-corrected chi connectivity index (χ4v) is 3.47. The summed E-state index contributed by atoms with van der Waals surface area (Å²) in [6.07, 6.45) is 0. The molecule has 27 heavy (non-hydrogen) atoms. The van der Waals surface area contributed by atoms with Gasteiger partial charge >= 0.3 is 0 Å². The van der Waals surface area contributed by atoms with Crippen LogP contribution in [0.2, 0.25) is 0 Å². The summed E-state index contributed by atoms with van der Waals surface area (Å²) in [5.41, 5.74) is 2.73. The molecular weight excluding hydrogens is 364 g/mol. The normalized spacial score (nSPS) is 12.1. The third-order valence-corrected chi connectivity index (χ3v) is 5.03. The van der Waals surface area contributed by atoms with Crippen molar-refractivity contribution in [3.05, 3.63) is 65.9 Å². The van der Waals surface area contributed by atoms with Crippen LogP contribution in [0.1, 0.15) is 11.3 Å². The van der Waals surface area contributed by atoms with E-state index in [0.717, 1.165) is 17.1 Å². The van der Waals surface area contributed by atoms with Crippen LogP contribution in [0.25, 0.3) is 11.3 Å². The Bertz CT molecular complexity index is 927. The van der Waals surface area contributed by atoms with E-state index in [2.05, 4.69) is 22.6 Å². The minimum Gasteiger partial charge on any atom is -0.454 e. The molecule has 1 aromatic heterocycles. The highest BCUT2D eigenvalue weighted by Crippen LogP contribution is 2.35.